The minimum atomic E-state index is -5.08. The summed E-state index contributed by atoms with van der Waals surface area (Å²) in [6.07, 6.45) is -9.72. The molecule has 0 spiro atoms. The molecule has 3 heterocycles. The molecule has 1 aliphatic heterocycles. The summed E-state index contributed by atoms with van der Waals surface area (Å²) in [6, 6.07) is 19.3. The first kappa shape index (κ1) is 36.7. The number of hydrogen-bond acceptors (Lipinski definition) is 8. The highest BCUT2D eigenvalue weighted by atomic mass is 19.4. The average Bonchev–Trinajstić information content (AvgIpc) is 3.09. The Morgan fingerprint density at radius 1 is 0.804 bits per heavy atom. The molecule has 268 valence electrons. The summed E-state index contributed by atoms with van der Waals surface area (Å²) in [5.41, 5.74) is 7.31. The van der Waals surface area contributed by atoms with Gasteiger partial charge in [-0.15, -0.1) is 0 Å². The molecule has 5 aromatic rings. The third kappa shape index (κ3) is 8.42. The summed E-state index contributed by atoms with van der Waals surface area (Å²) in [7, 11) is 1.66. The molecule has 1 aliphatic rings. The maximum absolute atomic E-state index is 14.4. The zero-order valence-corrected chi connectivity index (χ0v) is 26.6. The molecule has 3 aromatic carbocycles. The van der Waals surface area contributed by atoms with E-state index in [9.17, 15) is 35.1 Å². The van der Waals surface area contributed by atoms with Crippen molar-refractivity contribution >= 4 is 34.5 Å². The summed E-state index contributed by atoms with van der Waals surface area (Å²) in [4.78, 5) is 25.8. The van der Waals surface area contributed by atoms with E-state index in [2.05, 4.69) is 25.2 Å². The van der Waals surface area contributed by atoms with E-state index in [1.54, 1.807) is 43.4 Å². The van der Waals surface area contributed by atoms with Crippen molar-refractivity contribution in [3.05, 3.63) is 107 Å². The van der Waals surface area contributed by atoms with Crippen LogP contribution in [0.3, 0.4) is 0 Å². The number of hydrogen-bond donors (Lipinski definition) is 3. The highest BCUT2D eigenvalue weighted by Crippen LogP contribution is 2.43. The molecule has 4 N–H and O–H groups in total. The normalized spacial score (nSPS) is 14.0. The number of halogens is 8. The SMILES string of the molecule is CNc1nc(N)nc2nc(-c3c(N4CCN(C(c5ccc(F)cc5)c5ccc(F)cc5)CC4)cccc3C(F)(F)F)ccc12.O=C(O)C(F)(F)F. The van der Waals surface area contributed by atoms with Crippen LogP contribution in [0.25, 0.3) is 22.3 Å². The summed E-state index contributed by atoms with van der Waals surface area (Å²) < 4.78 is 102. The van der Waals surface area contributed by atoms with Gasteiger partial charge in [-0.1, -0.05) is 30.3 Å². The topological polar surface area (TPSA) is 120 Å². The van der Waals surface area contributed by atoms with Gasteiger partial charge in [0.15, 0.2) is 5.65 Å². The van der Waals surface area contributed by atoms with Crippen LogP contribution in [0.4, 0.5) is 52.6 Å². The van der Waals surface area contributed by atoms with Crippen molar-refractivity contribution in [2.24, 2.45) is 0 Å². The molecule has 0 amide bonds. The van der Waals surface area contributed by atoms with Crippen molar-refractivity contribution in [1.29, 1.82) is 0 Å². The lowest BCUT2D eigenvalue weighted by Crippen LogP contribution is -2.48. The number of pyridine rings is 1. The van der Waals surface area contributed by atoms with Crippen LogP contribution < -0.4 is 16.0 Å². The Kier molecular flexibility index (Phi) is 10.6. The number of nitrogens with zero attached hydrogens (tertiary/aromatic N) is 5. The summed E-state index contributed by atoms with van der Waals surface area (Å²) >= 11 is 0. The van der Waals surface area contributed by atoms with Crippen LogP contribution in [0.1, 0.15) is 22.7 Å². The maximum Gasteiger partial charge on any atom is 0.490 e. The molecule has 9 nitrogen and oxygen atoms in total. The third-order valence-corrected chi connectivity index (χ3v) is 8.05. The first-order valence-electron chi connectivity index (χ1n) is 15.2. The molecule has 51 heavy (non-hydrogen) atoms. The van der Waals surface area contributed by atoms with Crippen LogP contribution in [0.5, 0.6) is 0 Å². The summed E-state index contributed by atoms with van der Waals surface area (Å²) in [6.45, 7) is 1.77. The van der Waals surface area contributed by atoms with Crippen LogP contribution in [-0.4, -0.2) is 70.3 Å². The minimum absolute atomic E-state index is 0.0489. The lowest BCUT2D eigenvalue weighted by atomic mass is 9.95. The molecule has 6 rings (SSSR count). The van der Waals surface area contributed by atoms with E-state index in [1.165, 1.54) is 36.4 Å². The number of fused-ring (bicyclic) bond motifs is 1. The van der Waals surface area contributed by atoms with Gasteiger partial charge in [-0.3, -0.25) is 4.90 Å². The predicted molar refractivity (Wildman–Crippen MR) is 174 cm³/mol. The fraction of sp³-hybridized carbons (Fsp3) is 0.235. The number of aromatic nitrogens is 3. The van der Waals surface area contributed by atoms with Gasteiger partial charge in [0.1, 0.15) is 17.5 Å². The molecule has 0 radical (unpaired) electrons. The van der Waals surface area contributed by atoms with Gasteiger partial charge < -0.3 is 21.1 Å². The predicted octanol–water partition coefficient (Wildman–Crippen LogP) is 7.16. The Bertz CT molecular complexity index is 1950. The lowest BCUT2D eigenvalue weighted by molar-refractivity contribution is -0.192. The number of anilines is 3. The average molecular weight is 720 g/mol. The van der Waals surface area contributed by atoms with Crippen molar-refractivity contribution in [3.8, 4) is 11.3 Å². The first-order chi connectivity index (χ1) is 24.1. The molecule has 17 heteroatoms. The van der Waals surface area contributed by atoms with Gasteiger partial charge in [-0.2, -0.15) is 36.3 Å². The molecule has 0 unspecified atom stereocenters. The van der Waals surface area contributed by atoms with Gasteiger partial charge in [0, 0.05) is 44.5 Å². The van der Waals surface area contributed by atoms with Gasteiger partial charge in [-0.25, -0.2) is 18.6 Å². The van der Waals surface area contributed by atoms with Crippen LogP contribution in [0.2, 0.25) is 0 Å². The van der Waals surface area contributed by atoms with E-state index in [-0.39, 0.29) is 40.5 Å². The van der Waals surface area contributed by atoms with Crippen molar-refractivity contribution in [2.75, 3.05) is 49.2 Å². The van der Waals surface area contributed by atoms with Crippen LogP contribution in [-0.2, 0) is 11.0 Å². The molecule has 1 saturated heterocycles. The fourth-order valence-electron chi connectivity index (χ4n) is 5.79. The number of nitrogens with two attached hydrogens (primary N) is 1. The maximum atomic E-state index is 14.4. The Morgan fingerprint density at radius 2 is 1.35 bits per heavy atom. The molecule has 0 bridgehead atoms. The summed E-state index contributed by atoms with van der Waals surface area (Å²) in [5, 5.41) is 10.6. The number of piperazine rings is 1. The van der Waals surface area contributed by atoms with Crippen molar-refractivity contribution in [1.82, 2.24) is 19.9 Å². The lowest BCUT2D eigenvalue weighted by Gasteiger charge is -2.41. The second-order valence-electron chi connectivity index (χ2n) is 11.3. The molecular weight excluding hydrogens is 690 g/mol. The number of carboxylic acids is 1. The Morgan fingerprint density at radius 3 is 1.84 bits per heavy atom. The smallest absolute Gasteiger partial charge is 0.475 e. The Balaban J connectivity index is 0.000000654. The van der Waals surface area contributed by atoms with Crippen LogP contribution in [0.15, 0.2) is 78.9 Å². The van der Waals surface area contributed by atoms with E-state index >= 15 is 0 Å². The van der Waals surface area contributed by atoms with E-state index < -0.39 is 23.9 Å². The summed E-state index contributed by atoms with van der Waals surface area (Å²) in [5.74, 6) is -3.13. The van der Waals surface area contributed by atoms with Crippen molar-refractivity contribution in [3.63, 3.8) is 0 Å². The highest BCUT2D eigenvalue weighted by Gasteiger charge is 2.38. The minimum Gasteiger partial charge on any atom is -0.475 e. The zero-order chi connectivity index (χ0) is 37.1. The molecular formula is C34H29F8N7O2. The van der Waals surface area contributed by atoms with Crippen LogP contribution >= 0.6 is 0 Å². The first-order valence-corrected chi connectivity index (χ1v) is 15.2. The standard InChI is InChI=1S/C32H28F5N7.C2HF3O2/c1-39-29-23-13-14-25(40-30(23)42-31(38)41-29)27-24(32(35,36)37)3-2-4-26(27)43-15-17-44(18-16-43)28(19-5-9-21(33)10-6-19)20-7-11-22(34)12-8-20;3-2(4,5)1(6)7/h2-14,28H,15-18H2,1H3,(H3,38,39,40,41,42);(H,6,7). The van der Waals surface area contributed by atoms with Crippen LogP contribution in [0, 0.1) is 11.6 Å². The zero-order valence-electron chi connectivity index (χ0n) is 26.6. The second-order valence-corrected chi connectivity index (χ2v) is 11.3. The van der Waals surface area contributed by atoms with Crippen molar-refractivity contribution in [2.45, 2.75) is 18.4 Å². The molecule has 0 saturated carbocycles. The Labute approximate surface area is 285 Å². The molecule has 0 atom stereocenters. The molecule has 0 aliphatic carbocycles. The van der Waals surface area contributed by atoms with E-state index in [4.69, 9.17) is 15.6 Å². The number of aliphatic carboxylic acids is 1. The fourth-order valence-corrected chi connectivity index (χ4v) is 5.79. The van der Waals surface area contributed by atoms with Crippen molar-refractivity contribution < 1.29 is 45.0 Å². The highest BCUT2D eigenvalue weighted by molar-refractivity contribution is 5.91. The Hall–Kier alpha value is -5.58. The number of benzene rings is 3. The number of carbonyl (C=O) groups is 1. The molecule has 2 aromatic heterocycles. The third-order valence-electron chi connectivity index (χ3n) is 8.05. The number of carboxylic acid groups (broad SMARTS) is 1. The monoisotopic (exact) mass is 719 g/mol. The quantitative estimate of drug-likeness (QED) is 0.157. The number of alkyl halides is 6. The molecule has 1 fully saturated rings. The van der Waals surface area contributed by atoms with Gasteiger partial charge >= 0.3 is 18.3 Å². The van der Waals surface area contributed by atoms with Gasteiger partial charge in [0.2, 0.25) is 5.95 Å². The largest absolute Gasteiger partial charge is 0.490 e. The van der Waals surface area contributed by atoms with Gasteiger partial charge in [-0.05, 0) is 59.7 Å². The number of nitrogen functional groups attached to an aromatic ring is 1. The second kappa shape index (κ2) is 14.7. The van der Waals surface area contributed by atoms with Gasteiger partial charge in [0.25, 0.3) is 0 Å². The van der Waals surface area contributed by atoms with Gasteiger partial charge in [0.05, 0.1) is 22.7 Å². The number of rotatable bonds is 6. The van der Waals surface area contributed by atoms with E-state index in [0.29, 0.717) is 43.1 Å². The van der Waals surface area contributed by atoms with E-state index in [1.807, 2.05) is 4.90 Å². The number of nitrogens with one attached hydrogen (secondary N) is 1. The van der Waals surface area contributed by atoms with E-state index in [0.717, 1.165) is 17.2 Å².